The van der Waals surface area contributed by atoms with E-state index in [1.165, 1.54) is 61.6 Å². The molecule has 2 saturated heterocycles. The van der Waals surface area contributed by atoms with Crippen LogP contribution in [0.25, 0.3) is 0 Å². The third-order valence-corrected chi connectivity index (χ3v) is 6.74. The third kappa shape index (κ3) is 4.55. The summed E-state index contributed by atoms with van der Waals surface area (Å²) in [5, 5.41) is 9.14. The first-order valence-electron chi connectivity index (χ1n) is 10.2. The number of thioether (sulfide) groups is 1. The highest BCUT2D eigenvalue weighted by molar-refractivity contribution is 7.98. The summed E-state index contributed by atoms with van der Waals surface area (Å²) in [5.41, 5.74) is 1.40. The Labute approximate surface area is 167 Å². The van der Waals surface area contributed by atoms with Gasteiger partial charge >= 0.3 is 0 Å². The normalized spacial score (nSPS) is 21.8. The zero-order valence-electron chi connectivity index (χ0n) is 16.6. The van der Waals surface area contributed by atoms with Crippen molar-refractivity contribution in [3.8, 4) is 0 Å². The second kappa shape index (κ2) is 8.76. The molecule has 0 spiro atoms. The van der Waals surface area contributed by atoms with Crippen LogP contribution in [0.3, 0.4) is 0 Å². The van der Waals surface area contributed by atoms with Gasteiger partial charge in [-0.25, -0.2) is 0 Å². The number of nitrogens with zero attached hydrogens (tertiary/aromatic N) is 5. The Morgan fingerprint density at radius 3 is 2.44 bits per heavy atom. The molecule has 1 aromatic carbocycles. The van der Waals surface area contributed by atoms with Gasteiger partial charge < -0.3 is 4.57 Å². The fraction of sp³-hybridized carbons (Fsp3) is 0.619. The molecule has 27 heavy (non-hydrogen) atoms. The third-order valence-electron chi connectivity index (χ3n) is 6.00. The Kier molecular flexibility index (Phi) is 6.15. The second-order valence-corrected chi connectivity index (χ2v) is 8.82. The predicted octanol–water partition coefficient (Wildman–Crippen LogP) is 3.51. The van der Waals surface area contributed by atoms with Gasteiger partial charge in [0.25, 0.3) is 0 Å². The molecular formula is C21H31N5S. The molecule has 2 aliphatic heterocycles. The average molecular weight is 386 g/mol. The summed E-state index contributed by atoms with van der Waals surface area (Å²) in [6, 6.07) is 9.00. The van der Waals surface area contributed by atoms with Gasteiger partial charge in [0.1, 0.15) is 11.6 Å². The summed E-state index contributed by atoms with van der Waals surface area (Å²) in [6.45, 7) is 6.65. The van der Waals surface area contributed by atoms with Crippen LogP contribution in [-0.4, -0.2) is 57.0 Å². The van der Waals surface area contributed by atoms with Crippen molar-refractivity contribution < 1.29 is 0 Å². The number of likely N-dealkylation sites (tertiary alicyclic amines) is 2. The predicted molar refractivity (Wildman–Crippen MR) is 111 cm³/mol. The quantitative estimate of drug-likeness (QED) is 0.711. The summed E-state index contributed by atoms with van der Waals surface area (Å²) in [5.74, 6) is 2.79. The second-order valence-electron chi connectivity index (χ2n) is 7.94. The van der Waals surface area contributed by atoms with Gasteiger partial charge in [0.05, 0.1) is 6.54 Å². The van der Waals surface area contributed by atoms with Crippen LogP contribution in [0, 0.1) is 0 Å². The van der Waals surface area contributed by atoms with Crippen LogP contribution in [0.2, 0.25) is 0 Å². The molecule has 0 bridgehead atoms. The number of rotatable bonds is 6. The molecule has 146 valence electrons. The molecule has 5 nitrogen and oxygen atoms in total. The summed E-state index contributed by atoms with van der Waals surface area (Å²) in [6.07, 6.45) is 7.23. The molecule has 0 saturated carbocycles. The largest absolute Gasteiger partial charge is 0.317 e. The van der Waals surface area contributed by atoms with E-state index in [4.69, 9.17) is 0 Å². The molecule has 0 amide bonds. The number of benzene rings is 1. The van der Waals surface area contributed by atoms with Gasteiger partial charge in [-0.15, -0.1) is 22.0 Å². The molecule has 3 heterocycles. The maximum atomic E-state index is 4.60. The van der Waals surface area contributed by atoms with Crippen LogP contribution in [0.4, 0.5) is 0 Å². The maximum Gasteiger partial charge on any atom is 0.146 e. The van der Waals surface area contributed by atoms with Gasteiger partial charge in [-0.3, -0.25) is 9.80 Å². The molecule has 2 fully saturated rings. The van der Waals surface area contributed by atoms with Gasteiger partial charge in [-0.2, -0.15) is 0 Å². The first-order valence-corrected chi connectivity index (χ1v) is 11.4. The summed E-state index contributed by atoms with van der Waals surface area (Å²) in [4.78, 5) is 6.41. The maximum absolute atomic E-state index is 4.60. The minimum atomic E-state index is 0.494. The van der Waals surface area contributed by atoms with Gasteiger partial charge in [0.2, 0.25) is 0 Å². The van der Waals surface area contributed by atoms with Gasteiger partial charge in [-0.05, 0) is 69.3 Å². The van der Waals surface area contributed by atoms with Crippen LogP contribution >= 0.6 is 11.8 Å². The molecule has 0 N–H and O–H groups in total. The number of aromatic nitrogens is 3. The van der Waals surface area contributed by atoms with Crippen LogP contribution in [-0.2, 0) is 20.1 Å². The molecule has 1 atom stereocenters. The SMILES string of the molecule is CSc1ccc(CN2CCCC(c3nnc(CN4CCCC4)n3C)C2)cc1. The fourth-order valence-corrected chi connectivity index (χ4v) is 4.82. The smallest absolute Gasteiger partial charge is 0.146 e. The lowest BCUT2D eigenvalue weighted by atomic mass is 9.96. The monoisotopic (exact) mass is 385 g/mol. The molecule has 0 radical (unpaired) electrons. The average Bonchev–Trinajstić information content (AvgIpc) is 3.33. The van der Waals surface area contributed by atoms with E-state index in [0.717, 1.165) is 25.5 Å². The van der Waals surface area contributed by atoms with Crippen molar-refractivity contribution in [2.45, 2.75) is 49.6 Å². The molecule has 4 rings (SSSR count). The van der Waals surface area contributed by atoms with Crippen LogP contribution in [0.5, 0.6) is 0 Å². The summed E-state index contributed by atoms with van der Waals surface area (Å²) >= 11 is 1.80. The summed E-state index contributed by atoms with van der Waals surface area (Å²) < 4.78 is 2.26. The van der Waals surface area contributed by atoms with E-state index in [-0.39, 0.29) is 0 Å². The highest BCUT2D eigenvalue weighted by Gasteiger charge is 2.26. The Morgan fingerprint density at radius 2 is 1.70 bits per heavy atom. The topological polar surface area (TPSA) is 37.2 Å². The lowest BCUT2D eigenvalue weighted by Gasteiger charge is -2.32. The highest BCUT2D eigenvalue weighted by Crippen LogP contribution is 2.27. The van der Waals surface area contributed by atoms with E-state index < -0.39 is 0 Å². The van der Waals surface area contributed by atoms with Crippen molar-refractivity contribution in [3.05, 3.63) is 41.5 Å². The minimum absolute atomic E-state index is 0.494. The standard InChI is InChI=1S/C21H31N5S/c1-24-20(16-25-11-3-4-12-25)22-23-21(24)18-6-5-13-26(15-18)14-17-7-9-19(27-2)10-8-17/h7-10,18H,3-6,11-16H2,1-2H3. The lowest BCUT2D eigenvalue weighted by molar-refractivity contribution is 0.195. The Bertz CT molecular complexity index is 736. The van der Waals surface area contributed by atoms with Crippen molar-refractivity contribution in [1.82, 2.24) is 24.6 Å². The zero-order valence-corrected chi connectivity index (χ0v) is 17.4. The molecule has 2 aliphatic rings. The molecule has 1 aromatic heterocycles. The van der Waals surface area contributed by atoms with Crippen LogP contribution in [0.1, 0.15) is 48.8 Å². The summed E-state index contributed by atoms with van der Waals surface area (Å²) in [7, 11) is 2.15. The number of piperidine rings is 1. The fourth-order valence-electron chi connectivity index (χ4n) is 4.41. The molecule has 1 unspecified atom stereocenters. The van der Waals surface area contributed by atoms with Crippen molar-refractivity contribution in [1.29, 1.82) is 0 Å². The molecule has 2 aromatic rings. The van der Waals surface area contributed by atoms with Gasteiger partial charge in [0, 0.05) is 31.0 Å². The number of hydrogen-bond donors (Lipinski definition) is 0. The molecule has 0 aliphatic carbocycles. The van der Waals surface area contributed by atoms with Crippen molar-refractivity contribution in [3.63, 3.8) is 0 Å². The first-order chi connectivity index (χ1) is 13.2. The van der Waals surface area contributed by atoms with Crippen LogP contribution < -0.4 is 0 Å². The van der Waals surface area contributed by atoms with Gasteiger partial charge in [-0.1, -0.05) is 12.1 Å². The molecular weight excluding hydrogens is 354 g/mol. The van der Waals surface area contributed by atoms with E-state index in [2.05, 4.69) is 62.1 Å². The number of hydrogen-bond acceptors (Lipinski definition) is 5. The van der Waals surface area contributed by atoms with Crippen molar-refractivity contribution in [2.24, 2.45) is 7.05 Å². The van der Waals surface area contributed by atoms with E-state index in [9.17, 15) is 0 Å². The van der Waals surface area contributed by atoms with E-state index in [1.807, 2.05) is 0 Å². The van der Waals surface area contributed by atoms with E-state index >= 15 is 0 Å². The van der Waals surface area contributed by atoms with Crippen LogP contribution in [0.15, 0.2) is 29.2 Å². The Balaban J connectivity index is 1.39. The molecule has 6 heteroatoms. The minimum Gasteiger partial charge on any atom is -0.317 e. The van der Waals surface area contributed by atoms with Crippen molar-refractivity contribution >= 4 is 11.8 Å². The Morgan fingerprint density at radius 1 is 0.963 bits per heavy atom. The van der Waals surface area contributed by atoms with Gasteiger partial charge in [0.15, 0.2) is 0 Å². The van der Waals surface area contributed by atoms with E-state index in [0.29, 0.717) is 5.92 Å². The highest BCUT2D eigenvalue weighted by atomic mass is 32.2. The van der Waals surface area contributed by atoms with E-state index in [1.54, 1.807) is 11.8 Å². The lowest BCUT2D eigenvalue weighted by Crippen LogP contribution is -2.35. The Hall–Kier alpha value is -1.37. The zero-order chi connectivity index (χ0) is 18.6. The van der Waals surface area contributed by atoms with Crippen molar-refractivity contribution in [2.75, 3.05) is 32.4 Å². The first kappa shape index (κ1) is 19.0.